The Morgan fingerprint density at radius 1 is 1.33 bits per heavy atom. The molecule has 0 aromatic rings. The van der Waals surface area contributed by atoms with E-state index in [1.54, 1.807) is 0 Å². The fraction of sp³-hybridized carbons (Fsp3) is 0.769. The molecule has 1 saturated heterocycles. The smallest absolute Gasteiger partial charge is 0.326 e. The Kier molecular flexibility index (Phi) is 7.10. The number of amides is 2. The highest BCUT2D eigenvalue weighted by Crippen LogP contribution is 2.17. The van der Waals surface area contributed by atoms with Crippen LogP contribution in [0.3, 0.4) is 0 Å². The number of carbonyl (C=O) groups excluding carboxylic acids is 2. The second kappa shape index (κ2) is 8.58. The molecule has 1 heterocycles. The van der Waals surface area contributed by atoms with Crippen molar-refractivity contribution in [3.8, 4) is 0 Å². The van der Waals surface area contributed by atoms with Gasteiger partial charge in [-0.3, -0.25) is 9.59 Å². The van der Waals surface area contributed by atoms with Crippen LogP contribution in [0.25, 0.3) is 0 Å². The molecule has 2 amide bonds. The Morgan fingerprint density at radius 2 is 2.05 bits per heavy atom. The average Bonchev–Trinajstić information content (AvgIpc) is 2.94. The summed E-state index contributed by atoms with van der Waals surface area (Å²) in [7, 11) is 0. The molecular formula is C13H24N4O4. The van der Waals surface area contributed by atoms with Crippen molar-refractivity contribution in [2.75, 3.05) is 19.6 Å². The molecule has 0 spiro atoms. The number of likely N-dealkylation sites (tertiary alicyclic amines) is 1. The van der Waals surface area contributed by atoms with Gasteiger partial charge in [0.05, 0.1) is 12.6 Å². The fourth-order valence-electron chi connectivity index (χ4n) is 2.36. The van der Waals surface area contributed by atoms with Crippen molar-refractivity contribution in [3.05, 3.63) is 0 Å². The van der Waals surface area contributed by atoms with E-state index in [1.165, 1.54) is 4.90 Å². The van der Waals surface area contributed by atoms with Crippen LogP contribution in [-0.2, 0) is 14.4 Å². The van der Waals surface area contributed by atoms with Gasteiger partial charge in [0.15, 0.2) is 0 Å². The predicted octanol–water partition coefficient (Wildman–Crippen LogP) is -1.37. The highest BCUT2D eigenvalue weighted by Gasteiger charge is 2.33. The minimum atomic E-state index is -1.01. The molecule has 0 bridgehead atoms. The molecule has 6 N–H and O–H groups in total. The highest BCUT2D eigenvalue weighted by atomic mass is 16.4. The summed E-state index contributed by atoms with van der Waals surface area (Å²) in [6.45, 7) is 0.750. The fourth-order valence-corrected chi connectivity index (χ4v) is 2.36. The van der Waals surface area contributed by atoms with Crippen molar-refractivity contribution in [1.29, 1.82) is 0 Å². The van der Waals surface area contributed by atoms with E-state index in [0.29, 0.717) is 32.4 Å². The Morgan fingerprint density at radius 3 is 2.67 bits per heavy atom. The third-order valence-corrected chi connectivity index (χ3v) is 3.58. The van der Waals surface area contributed by atoms with E-state index in [0.717, 1.165) is 12.8 Å². The molecule has 0 aromatic carbocycles. The lowest BCUT2D eigenvalue weighted by Gasteiger charge is -2.22. The lowest BCUT2D eigenvalue weighted by atomic mass is 10.1. The molecule has 0 unspecified atom stereocenters. The van der Waals surface area contributed by atoms with Gasteiger partial charge in [0, 0.05) is 6.54 Å². The topological polar surface area (TPSA) is 139 Å². The van der Waals surface area contributed by atoms with Crippen molar-refractivity contribution < 1.29 is 19.5 Å². The SMILES string of the molecule is NCCCC[C@H](N)C(=O)NCC(=O)N1CCC[C@H]1C(=O)O. The van der Waals surface area contributed by atoms with E-state index in [-0.39, 0.29) is 12.5 Å². The number of nitrogens with two attached hydrogens (primary N) is 2. The molecule has 8 nitrogen and oxygen atoms in total. The van der Waals surface area contributed by atoms with E-state index in [2.05, 4.69) is 5.32 Å². The summed E-state index contributed by atoms with van der Waals surface area (Å²) in [5.74, 6) is -1.79. The van der Waals surface area contributed by atoms with Gasteiger partial charge in [0.25, 0.3) is 0 Å². The maximum atomic E-state index is 11.9. The molecule has 8 heteroatoms. The van der Waals surface area contributed by atoms with Crippen LogP contribution in [0.2, 0.25) is 0 Å². The van der Waals surface area contributed by atoms with Gasteiger partial charge in [-0.05, 0) is 32.2 Å². The van der Waals surface area contributed by atoms with Crippen molar-refractivity contribution >= 4 is 17.8 Å². The van der Waals surface area contributed by atoms with Gasteiger partial charge < -0.3 is 26.8 Å². The van der Waals surface area contributed by atoms with Gasteiger partial charge in [-0.15, -0.1) is 0 Å². The first-order chi connectivity index (χ1) is 9.97. The molecule has 1 fully saturated rings. The summed E-state index contributed by atoms with van der Waals surface area (Å²) in [5.41, 5.74) is 11.1. The third kappa shape index (κ3) is 5.31. The van der Waals surface area contributed by atoms with E-state index in [4.69, 9.17) is 16.6 Å². The normalized spacial score (nSPS) is 19.3. The lowest BCUT2D eigenvalue weighted by Crippen LogP contribution is -2.48. The molecular weight excluding hydrogens is 276 g/mol. The Balaban J connectivity index is 2.35. The first-order valence-electron chi connectivity index (χ1n) is 7.23. The third-order valence-electron chi connectivity index (χ3n) is 3.58. The number of carboxylic acids is 1. The first-order valence-corrected chi connectivity index (χ1v) is 7.23. The van der Waals surface area contributed by atoms with Crippen LogP contribution >= 0.6 is 0 Å². The number of carboxylic acid groups (broad SMARTS) is 1. The first kappa shape index (κ1) is 17.4. The van der Waals surface area contributed by atoms with Crippen LogP contribution < -0.4 is 16.8 Å². The average molecular weight is 300 g/mol. The van der Waals surface area contributed by atoms with Gasteiger partial charge in [0.1, 0.15) is 6.04 Å². The summed E-state index contributed by atoms with van der Waals surface area (Å²) in [6.07, 6.45) is 3.18. The maximum Gasteiger partial charge on any atom is 0.326 e. The number of rotatable bonds is 8. The Labute approximate surface area is 123 Å². The van der Waals surface area contributed by atoms with Crippen LogP contribution in [0.5, 0.6) is 0 Å². The number of hydrogen-bond acceptors (Lipinski definition) is 5. The monoisotopic (exact) mass is 300 g/mol. The van der Waals surface area contributed by atoms with Crippen molar-refractivity contribution in [3.63, 3.8) is 0 Å². The van der Waals surface area contributed by atoms with Crippen LogP contribution in [0.15, 0.2) is 0 Å². The van der Waals surface area contributed by atoms with Crippen molar-refractivity contribution in [1.82, 2.24) is 10.2 Å². The molecule has 2 atom stereocenters. The predicted molar refractivity (Wildman–Crippen MR) is 76.3 cm³/mol. The quantitative estimate of drug-likeness (QED) is 0.408. The number of aliphatic carboxylic acids is 1. The highest BCUT2D eigenvalue weighted by molar-refractivity contribution is 5.89. The molecule has 0 aliphatic carbocycles. The van der Waals surface area contributed by atoms with Crippen LogP contribution in [-0.4, -0.2) is 59.5 Å². The van der Waals surface area contributed by atoms with E-state index < -0.39 is 24.0 Å². The molecule has 21 heavy (non-hydrogen) atoms. The molecule has 1 aliphatic heterocycles. The lowest BCUT2D eigenvalue weighted by molar-refractivity contribution is -0.148. The zero-order chi connectivity index (χ0) is 15.8. The van der Waals surface area contributed by atoms with Crippen LogP contribution in [0.1, 0.15) is 32.1 Å². The zero-order valence-corrected chi connectivity index (χ0v) is 12.1. The zero-order valence-electron chi connectivity index (χ0n) is 12.1. The molecule has 120 valence electrons. The minimum Gasteiger partial charge on any atom is -0.480 e. The molecule has 0 saturated carbocycles. The second-order valence-corrected chi connectivity index (χ2v) is 5.19. The molecule has 0 radical (unpaired) electrons. The summed E-state index contributed by atoms with van der Waals surface area (Å²) in [5, 5.41) is 11.5. The van der Waals surface area contributed by atoms with Gasteiger partial charge in [-0.25, -0.2) is 4.79 Å². The van der Waals surface area contributed by atoms with E-state index >= 15 is 0 Å². The maximum absolute atomic E-state index is 11.9. The number of nitrogens with zero attached hydrogens (tertiary/aromatic N) is 1. The van der Waals surface area contributed by atoms with Gasteiger partial charge >= 0.3 is 5.97 Å². The minimum absolute atomic E-state index is 0.215. The summed E-state index contributed by atoms with van der Waals surface area (Å²) in [6, 6.07) is -1.45. The molecule has 1 rings (SSSR count). The standard InChI is InChI=1S/C13H24N4O4/c14-6-2-1-4-9(15)12(19)16-8-11(18)17-7-3-5-10(17)13(20)21/h9-10H,1-8,14-15H2,(H,16,19)(H,20,21)/t9-,10-/m0/s1. The van der Waals surface area contributed by atoms with Crippen LogP contribution in [0, 0.1) is 0 Å². The summed E-state index contributed by atoms with van der Waals surface area (Å²) < 4.78 is 0. The Bertz CT molecular complexity index is 388. The molecule has 1 aliphatic rings. The number of carbonyl (C=O) groups is 3. The molecule has 0 aromatic heterocycles. The number of hydrogen-bond donors (Lipinski definition) is 4. The number of unbranched alkanes of at least 4 members (excludes halogenated alkanes) is 1. The van der Waals surface area contributed by atoms with Gasteiger partial charge in [0.2, 0.25) is 11.8 Å². The number of nitrogens with one attached hydrogen (secondary N) is 1. The van der Waals surface area contributed by atoms with Gasteiger partial charge in [-0.2, -0.15) is 0 Å². The Hall–Kier alpha value is -1.67. The van der Waals surface area contributed by atoms with Crippen molar-refractivity contribution in [2.45, 2.75) is 44.2 Å². The van der Waals surface area contributed by atoms with E-state index in [1.807, 2.05) is 0 Å². The van der Waals surface area contributed by atoms with Crippen molar-refractivity contribution in [2.24, 2.45) is 11.5 Å². The van der Waals surface area contributed by atoms with Gasteiger partial charge in [-0.1, -0.05) is 6.42 Å². The van der Waals surface area contributed by atoms with E-state index in [9.17, 15) is 14.4 Å². The van der Waals surface area contributed by atoms with Crippen LogP contribution in [0.4, 0.5) is 0 Å². The summed E-state index contributed by atoms with van der Waals surface area (Å²) in [4.78, 5) is 35.9. The summed E-state index contributed by atoms with van der Waals surface area (Å²) >= 11 is 0. The second-order valence-electron chi connectivity index (χ2n) is 5.19. The largest absolute Gasteiger partial charge is 0.480 e.